The highest BCUT2D eigenvalue weighted by Gasteiger charge is 2.52. The van der Waals surface area contributed by atoms with Crippen molar-refractivity contribution in [1.29, 1.82) is 0 Å². The molecule has 1 atom stereocenters. The quantitative estimate of drug-likeness (QED) is 0.780. The molecule has 4 saturated carbocycles. The van der Waals surface area contributed by atoms with Crippen LogP contribution in [0.4, 0.5) is 0 Å². The molecule has 2 N–H and O–H groups in total. The van der Waals surface area contributed by atoms with Gasteiger partial charge in [-0.25, -0.2) is 0 Å². The van der Waals surface area contributed by atoms with E-state index in [2.05, 4.69) is 10.6 Å². The van der Waals surface area contributed by atoms with Gasteiger partial charge in [0, 0.05) is 32.0 Å². The number of hydrogen-bond acceptors (Lipinski definition) is 3. The second kappa shape index (κ2) is 6.86. The third kappa shape index (κ3) is 3.47. The Hall–Kier alpha value is -1.59. The van der Waals surface area contributed by atoms with Gasteiger partial charge < -0.3 is 15.5 Å². The normalized spacial score (nSPS) is 37.7. The number of carbonyl (C=O) groups is 3. The molecule has 1 heterocycles. The lowest BCUT2D eigenvalue weighted by Gasteiger charge is -2.57. The van der Waals surface area contributed by atoms with E-state index in [9.17, 15) is 14.4 Å². The number of rotatable bonds is 5. The van der Waals surface area contributed by atoms with Crippen LogP contribution in [0.25, 0.3) is 0 Å². The van der Waals surface area contributed by atoms with Crippen LogP contribution in [0.5, 0.6) is 0 Å². The first-order valence-corrected chi connectivity index (χ1v) is 10.3. The van der Waals surface area contributed by atoms with Crippen molar-refractivity contribution in [3.05, 3.63) is 0 Å². The van der Waals surface area contributed by atoms with Gasteiger partial charge in [0.05, 0.1) is 0 Å². The van der Waals surface area contributed by atoms with Crippen LogP contribution in [-0.4, -0.2) is 47.3 Å². The van der Waals surface area contributed by atoms with Gasteiger partial charge >= 0.3 is 0 Å². The minimum atomic E-state index is -0.326. The van der Waals surface area contributed by atoms with Gasteiger partial charge in [0.25, 0.3) is 0 Å². The van der Waals surface area contributed by atoms with Crippen LogP contribution in [0.1, 0.15) is 64.7 Å². The lowest BCUT2D eigenvalue weighted by Crippen LogP contribution is -2.62. The number of hydrogen-bond donors (Lipinski definition) is 2. The Morgan fingerprint density at radius 3 is 2.23 bits per heavy atom. The molecule has 5 aliphatic rings. The second-order valence-corrected chi connectivity index (χ2v) is 9.17. The van der Waals surface area contributed by atoms with Gasteiger partial charge in [0.15, 0.2) is 0 Å². The summed E-state index contributed by atoms with van der Waals surface area (Å²) in [5.74, 6) is 2.27. The smallest absolute Gasteiger partial charge is 0.243 e. The first kappa shape index (κ1) is 17.8. The Kier molecular flexibility index (Phi) is 4.70. The molecule has 0 unspecified atom stereocenters. The van der Waals surface area contributed by atoms with Crippen molar-refractivity contribution < 1.29 is 14.4 Å². The third-order valence-electron chi connectivity index (χ3n) is 7.02. The van der Waals surface area contributed by atoms with E-state index < -0.39 is 0 Å². The number of amides is 3. The maximum absolute atomic E-state index is 13.1. The summed E-state index contributed by atoms with van der Waals surface area (Å²) in [6.07, 6.45) is 9.36. The molecule has 0 aromatic heterocycles. The summed E-state index contributed by atoms with van der Waals surface area (Å²) in [5, 5.41) is 6.08. The molecule has 0 aromatic carbocycles. The summed E-state index contributed by atoms with van der Waals surface area (Å²) < 4.78 is 0. The maximum Gasteiger partial charge on any atom is 0.243 e. The molecule has 0 radical (unpaired) electrons. The summed E-state index contributed by atoms with van der Waals surface area (Å²) >= 11 is 0. The highest BCUT2D eigenvalue weighted by molar-refractivity contribution is 5.89. The summed E-state index contributed by atoms with van der Waals surface area (Å²) in [6.45, 7) is 2.44. The van der Waals surface area contributed by atoms with Gasteiger partial charge in [-0.3, -0.25) is 14.4 Å². The Balaban J connectivity index is 1.36. The fourth-order valence-electron chi connectivity index (χ4n) is 6.44. The fourth-order valence-corrected chi connectivity index (χ4v) is 6.44. The van der Waals surface area contributed by atoms with Crippen LogP contribution in [-0.2, 0) is 14.4 Å². The monoisotopic (exact) mass is 361 g/mol. The molecule has 1 aliphatic heterocycles. The average molecular weight is 361 g/mol. The topological polar surface area (TPSA) is 78.5 Å². The zero-order chi connectivity index (χ0) is 18.3. The van der Waals surface area contributed by atoms with Gasteiger partial charge in [0.2, 0.25) is 17.7 Å². The molecule has 4 bridgehead atoms. The van der Waals surface area contributed by atoms with E-state index in [0.29, 0.717) is 13.1 Å². The molecule has 6 heteroatoms. The SMILES string of the molecule is CC(=O)NCCC(=O)N1CCC[C@@H]1C(=O)NC12CC3CC(CC(C3)C1)C2. The van der Waals surface area contributed by atoms with Crippen molar-refractivity contribution in [2.75, 3.05) is 13.1 Å². The zero-order valence-electron chi connectivity index (χ0n) is 15.8. The number of nitrogens with one attached hydrogen (secondary N) is 2. The van der Waals surface area contributed by atoms with Crippen molar-refractivity contribution in [2.45, 2.75) is 76.3 Å². The van der Waals surface area contributed by atoms with Gasteiger partial charge in [-0.05, 0) is 69.1 Å². The van der Waals surface area contributed by atoms with E-state index in [4.69, 9.17) is 0 Å². The molecular weight excluding hydrogens is 330 g/mol. The highest BCUT2D eigenvalue weighted by atomic mass is 16.2. The van der Waals surface area contributed by atoms with Crippen LogP contribution >= 0.6 is 0 Å². The van der Waals surface area contributed by atoms with E-state index in [1.165, 1.54) is 26.2 Å². The minimum absolute atomic E-state index is 0.000668. The zero-order valence-corrected chi connectivity index (χ0v) is 15.8. The Morgan fingerprint density at radius 1 is 1.04 bits per heavy atom. The van der Waals surface area contributed by atoms with Crippen molar-refractivity contribution >= 4 is 17.7 Å². The highest BCUT2D eigenvalue weighted by Crippen LogP contribution is 2.55. The van der Waals surface area contributed by atoms with E-state index in [1.807, 2.05) is 0 Å². The first-order chi connectivity index (χ1) is 12.4. The molecule has 144 valence electrons. The van der Waals surface area contributed by atoms with E-state index in [0.717, 1.165) is 49.9 Å². The van der Waals surface area contributed by atoms with Crippen molar-refractivity contribution in [1.82, 2.24) is 15.5 Å². The Morgan fingerprint density at radius 2 is 1.65 bits per heavy atom. The first-order valence-electron chi connectivity index (χ1n) is 10.3. The molecule has 5 rings (SSSR count). The van der Waals surface area contributed by atoms with Crippen molar-refractivity contribution in [3.63, 3.8) is 0 Å². The molecule has 26 heavy (non-hydrogen) atoms. The largest absolute Gasteiger partial charge is 0.356 e. The number of nitrogens with zero attached hydrogens (tertiary/aromatic N) is 1. The number of likely N-dealkylation sites (tertiary alicyclic amines) is 1. The van der Waals surface area contributed by atoms with Gasteiger partial charge in [-0.1, -0.05) is 0 Å². The third-order valence-corrected chi connectivity index (χ3v) is 7.02. The van der Waals surface area contributed by atoms with Crippen LogP contribution in [0.2, 0.25) is 0 Å². The van der Waals surface area contributed by atoms with Gasteiger partial charge in [0.1, 0.15) is 6.04 Å². The lowest BCUT2D eigenvalue weighted by atomic mass is 9.53. The lowest BCUT2D eigenvalue weighted by molar-refractivity contribution is -0.141. The molecule has 4 aliphatic carbocycles. The van der Waals surface area contributed by atoms with Crippen molar-refractivity contribution in [3.8, 4) is 0 Å². The molecule has 1 saturated heterocycles. The Labute approximate surface area is 155 Å². The maximum atomic E-state index is 13.1. The standard InChI is InChI=1S/C20H31N3O3/c1-13(24)21-5-4-18(25)23-6-2-3-17(23)19(26)22-20-10-14-7-15(11-20)9-16(8-14)12-20/h14-17H,2-12H2,1H3,(H,21,24)(H,22,26)/t14?,15?,16?,17-,20?/m1/s1. The van der Waals surface area contributed by atoms with Crippen molar-refractivity contribution in [2.24, 2.45) is 17.8 Å². The van der Waals surface area contributed by atoms with E-state index in [1.54, 1.807) is 4.90 Å². The average Bonchev–Trinajstić information content (AvgIpc) is 3.02. The van der Waals surface area contributed by atoms with Crippen LogP contribution in [0.3, 0.4) is 0 Å². The molecule has 5 fully saturated rings. The second-order valence-electron chi connectivity index (χ2n) is 9.17. The minimum Gasteiger partial charge on any atom is -0.356 e. The van der Waals surface area contributed by atoms with E-state index in [-0.39, 0.29) is 35.7 Å². The predicted octanol–water partition coefficient (Wildman–Crippen LogP) is 1.59. The Bertz CT molecular complexity index is 568. The van der Waals surface area contributed by atoms with Crippen LogP contribution in [0.15, 0.2) is 0 Å². The van der Waals surface area contributed by atoms with Crippen LogP contribution in [0, 0.1) is 17.8 Å². The van der Waals surface area contributed by atoms with Gasteiger partial charge in [-0.15, -0.1) is 0 Å². The summed E-state index contributed by atoms with van der Waals surface area (Å²) in [5.41, 5.74) is -0.000668. The summed E-state index contributed by atoms with van der Waals surface area (Å²) in [4.78, 5) is 38.3. The number of carbonyl (C=O) groups excluding carboxylic acids is 3. The van der Waals surface area contributed by atoms with E-state index >= 15 is 0 Å². The van der Waals surface area contributed by atoms with Crippen LogP contribution < -0.4 is 10.6 Å². The fraction of sp³-hybridized carbons (Fsp3) is 0.850. The molecular formula is C20H31N3O3. The molecule has 6 nitrogen and oxygen atoms in total. The molecule has 0 aromatic rings. The molecule has 3 amide bonds. The molecule has 0 spiro atoms. The summed E-state index contributed by atoms with van der Waals surface area (Å²) in [7, 11) is 0. The van der Waals surface area contributed by atoms with Gasteiger partial charge in [-0.2, -0.15) is 0 Å². The predicted molar refractivity (Wildman–Crippen MR) is 97.1 cm³/mol. The summed E-state index contributed by atoms with van der Waals surface area (Å²) in [6, 6.07) is -0.326.